The number of hydrogen-bond donors (Lipinski definition) is 0. The SMILES string of the molecule is CC1(C)OB(C/C(=C\C2CCCC2)B2OC(C)(C)C(C)(C)O2)OC1(C)C. The minimum Gasteiger partial charge on any atom is -0.403 e. The van der Waals surface area contributed by atoms with Crippen molar-refractivity contribution in [1.82, 2.24) is 0 Å². The monoisotopic (exact) mass is 362 g/mol. The van der Waals surface area contributed by atoms with Crippen molar-refractivity contribution in [2.24, 2.45) is 5.92 Å². The molecule has 0 aromatic heterocycles. The molecule has 1 saturated carbocycles. The van der Waals surface area contributed by atoms with Crippen molar-refractivity contribution in [3.63, 3.8) is 0 Å². The highest BCUT2D eigenvalue weighted by molar-refractivity contribution is 6.59. The molecule has 0 unspecified atom stereocenters. The zero-order chi connectivity index (χ0) is 19.4. The molecule has 3 rings (SSSR count). The summed E-state index contributed by atoms with van der Waals surface area (Å²) in [6.45, 7) is 16.8. The summed E-state index contributed by atoms with van der Waals surface area (Å²) >= 11 is 0. The van der Waals surface area contributed by atoms with Crippen molar-refractivity contribution in [3.8, 4) is 0 Å². The van der Waals surface area contributed by atoms with Crippen LogP contribution in [0.3, 0.4) is 0 Å². The maximum absolute atomic E-state index is 6.35. The van der Waals surface area contributed by atoms with Crippen molar-refractivity contribution in [2.75, 3.05) is 0 Å². The van der Waals surface area contributed by atoms with Crippen LogP contribution in [0.15, 0.2) is 11.5 Å². The van der Waals surface area contributed by atoms with Gasteiger partial charge in [-0.2, -0.15) is 0 Å². The summed E-state index contributed by atoms with van der Waals surface area (Å²) in [5, 5.41) is 0. The summed E-state index contributed by atoms with van der Waals surface area (Å²) in [5.41, 5.74) is -0.114. The van der Waals surface area contributed by atoms with E-state index in [9.17, 15) is 0 Å². The highest BCUT2D eigenvalue weighted by atomic mass is 16.7. The summed E-state index contributed by atoms with van der Waals surface area (Å²) in [6.07, 6.45) is 8.22. The Labute approximate surface area is 160 Å². The fourth-order valence-corrected chi connectivity index (χ4v) is 3.90. The van der Waals surface area contributed by atoms with Crippen LogP contribution in [0.4, 0.5) is 0 Å². The lowest BCUT2D eigenvalue weighted by molar-refractivity contribution is 0.00578. The molecule has 0 aromatic carbocycles. The molecule has 6 heteroatoms. The van der Waals surface area contributed by atoms with Crippen LogP contribution in [0.1, 0.15) is 81.1 Å². The molecule has 0 aromatic rings. The second kappa shape index (κ2) is 6.65. The average Bonchev–Trinajstić information content (AvgIpc) is 3.08. The quantitative estimate of drug-likeness (QED) is 0.672. The highest BCUT2D eigenvalue weighted by Crippen LogP contribution is 2.43. The minimum absolute atomic E-state index is 0.258. The molecule has 0 radical (unpaired) electrons. The molecule has 0 atom stereocenters. The van der Waals surface area contributed by atoms with Crippen LogP contribution in [0.5, 0.6) is 0 Å². The van der Waals surface area contributed by atoms with Crippen LogP contribution < -0.4 is 0 Å². The van der Waals surface area contributed by atoms with Gasteiger partial charge in [0.25, 0.3) is 0 Å². The van der Waals surface area contributed by atoms with E-state index in [0.717, 1.165) is 0 Å². The topological polar surface area (TPSA) is 36.9 Å². The normalized spacial score (nSPS) is 30.4. The predicted molar refractivity (Wildman–Crippen MR) is 107 cm³/mol. The van der Waals surface area contributed by atoms with E-state index in [1.807, 2.05) is 0 Å². The fraction of sp³-hybridized carbons (Fsp3) is 0.900. The number of allylic oxidation sites excluding steroid dienone is 2. The summed E-state index contributed by atoms with van der Waals surface area (Å²) in [6, 6.07) is 0. The van der Waals surface area contributed by atoms with Crippen LogP contribution in [0.25, 0.3) is 0 Å². The third-order valence-electron chi connectivity index (χ3n) is 7.11. The van der Waals surface area contributed by atoms with E-state index in [1.165, 1.54) is 31.2 Å². The van der Waals surface area contributed by atoms with E-state index in [0.29, 0.717) is 12.2 Å². The Morgan fingerprint density at radius 3 is 1.65 bits per heavy atom. The number of hydrogen-bond acceptors (Lipinski definition) is 4. The Balaban J connectivity index is 1.80. The van der Waals surface area contributed by atoms with Gasteiger partial charge in [0, 0.05) is 6.32 Å². The molecule has 3 aliphatic rings. The smallest absolute Gasteiger partial charge is 0.403 e. The fourth-order valence-electron chi connectivity index (χ4n) is 3.90. The third-order valence-corrected chi connectivity index (χ3v) is 7.11. The molecule has 2 heterocycles. The van der Waals surface area contributed by atoms with E-state index in [1.54, 1.807) is 0 Å². The van der Waals surface area contributed by atoms with Crippen molar-refractivity contribution < 1.29 is 18.6 Å². The van der Waals surface area contributed by atoms with Gasteiger partial charge >= 0.3 is 14.2 Å². The van der Waals surface area contributed by atoms with Gasteiger partial charge < -0.3 is 18.6 Å². The lowest BCUT2D eigenvalue weighted by Gasteiger charge is -2.32. The molecule has 2 aliphatic heterocycles. The van der Waals surface area contributed by atoms with E-state index < -0.39 is 0 Å². The molecule has 4 nitrogen and oxygen atoms in total. The van der Waals surface area contributed by atoms with Crippen LogP contribution in [0.2, 0.25) is 6.32 Å². The maximum atomic E-state index is 6.35. The first kappa shape index (κ1) is 20.4. The van der Waals surface area contributed by atoms with Gasteiger partial charge in [0.15, 0.2) is 0 Å². The minimum atomic E-state index is -0.331. The van der Waals surface area contributed by atoms with Gasteiger partial charge in [0.1, 0.15) is 0 Å². The summed E-state index contributed by atoms with van der Waals surface area (Å²) in [7, 11) is -0.577. The van der Waals surface area contributed by atoms with Crippen LogP contribution in [-0.4, -0.2) is 36.6 Å². The van der Waals surface area contributed by atoms with Crippen molar-refractivity contribution >= 4 is 14.2 Å². The molecule has 1 aliphatic carbocycles. The molecule has 0 bridgehead atoms. The molecular formula is C20H36B2O4. The zero-order valence-corrected chi connectivity index (χ0v) is 18.0. The van der Waals surface area contributed by atoms with Crippen LogP contribution in [0, 0.1) is 5.92 Å². The van der Waals surface area contributed by atoms with Gasteiger partial charge in [-0.3, -0.25) is 0 Å². The molecular weight excluding hydrogens is 326 g/mol. The van der Waals surface area contributed by atoms with Crippen LogP contribution in [-0.2, 0) is 18.6 Å². The van der Waals surface area contributed by atoms with Crippen LogP contribution >= 0.6 is 0 Å². The number of rotatable bonds is 4. The van der Waals surface area contributed by atoms with Crippen molar-refractivity contribution in [3.05, 3.63) is 11.5 Å². The van der Waals surface area contributed by atoms with Crippen molar-refractivity contribution in [1.29, 1.82) is 0 Å². The summed E-state index contributed by atoms with van der Waals surface area (Å²) in [5.74, 6) is 0.617. The lowest BCUT2D eigenvalue weighted by atomic mass is 9.65. The first-order valence-corrected chi connectivity index (χ1v) is 10.2. The van der Waals surface area contributed by atoms with E-state index >= 15 is 0 Å². The average molecular weight is 362 g/mol. The zero-order valence-electron chi connectivity index (χ0n) is 18.0. The van der Waals surface area contributed by atoms with E-state index in [-0.39, 0.29) is 36.6 Å². The molecule has 2 saturated heterocycles. The second-order valence-corrected chi connectivity index (χ2v) is 10.3. The molecule has 3 fully saturated rings. The van der Waals surface area contributed by atoms with E-state index in [4.69, 9.17) is 18.6 Å². The standard InChI is InChI=1S/C20H36B2O4/c1-17(2)18(3,4)24-21(23-17)14-16(13-15-11-9-10-12-15)22-25-19(5,6)20(7,8)26-22/h13,15H,9-12,14H2,1-8H3/b16-13+. The Morgan fingerprint density at radius 1 is 0.769 bits per heavy atom. The third kappa shape index (κ3) is 3.80. The molecule has 0 spiro atoms. The highest BCUT2D eigenvalue weighted by Gasteiger charge is 2.55. The second-order valence-electron chi connectivity index (χ2n) is 10.3. The van der Waals surface area contributed by atoms with Gasteiger partial charge in [-0.1, -0.05) is 18.9 Å². The summed E-state index contributed by atoms with van der Waals surface area (Å²) < 4.78 is 25.2. The summed E-state index contributed by atoms with van der Waals surface area (Å²) in [4.78, 5) is 0. The molecule has 26 heavy (non-hydrogen) atoms. The molecule has 146 valence electrons. The largest absolute Gasteiger partial charge is 0.489 e. The Hall–Kier alpha value is -0.290. The van der Waals surface area contributed by atoms with E-state index in [2.05, 4.69) is 61.5 Å². The Kier molecular flexibility index (Phi) is 5.23. The maximum Gasteiger partial charge on any atom is 0.489 e. The molecule has 0 amide bonds. The van der Waals surface area contributed by atoms with Gasteiger partial charge in [0.2, 0.25) is 0 Å². The first-order chi connectivity index (χ1) is 11.8. The van der Waals surface area contributed by atoms with Gasteiger partial charge in [-0.05, 0) is 79.6 Å². The van der Waals surface area contributed by atoms with Gasteiger partial charge in [0.05, 0.1) is 22.4 Å². The molecule has 0 N–H and O–H groups in total. The Morgan fingerprint density at radius 2 is 1.19 bits per heavy atom. The van der Waals surface area contributed by atoms with Gasteiger partial charge in [-0.25, -0.2) is 0 Å². The lowest BCUT2D eigenvalue weighted by Crippen LogP contribution is -2.41. The Bertz CT molecular complexity index is 530. The van der Waals surface area contributed by atoms with Gasteiger partial charge in [-0.15, -0.1) is 0 Å². The van der Waals surface area contributed by atoms with Crippen molar-refractivity contribution in [2.45, 2.75) is 110 Å². The predicted octanol–water partition coefficient (Wildman–Crippen LogP) is 4.83. The first-order valence-electron chi connectivity index (χ1n) is 10.2.